The highest BCUT2D eigenvalue weighted by molar-refractivity contribution is 6.30. The minimum absolute atomic E-state index is 0.149. The van der Waals surface area contributed by atoms with Gasteiger partial charge in [-0.1, -0.05) is 38.4 Å². The van der Waals surface area contributed by atoms with E-state index in [0.717, 1.165) is 30.9 Å². The molecule has 0 saturated heterocycles. The van der Waals surface area contributed by atoms with Crippen molar-refractivity contribution in [2.75, 3.05) is 17.2 Å². The zero-order chi connectivity index (χ0) is 21.3. The Morgan fingerprint density at radius 1 is 1.07 bits per heavy atom. The minimum atomic E-state index is -0.335. The quantitative estimate of drug-likeness (QED) is 0.548. The van der Waals surface area contributed by atoms with Crippen molar-refractivity contribution in [2.24, 2.45) is 0 Å². The first-order valence-corrected chi connectivity index (χ1v) is 10.4. The molecule has 0 fully saturated rings. The maximum Gasteiger partial charge on any atom is 0.324 e. The van der Waals surface area contributed by atoms with Crippen LogP contribution in [0.2, 0.25) is 5.02 Å². The van der Waals surface area contributed by atoms with Crippen molar-refractivity contribution in [3.8, 4) is 5.69 Å². The first-order valence-electron chi connectivity index (χ1n) is 10.1. The van der Waals surface area contributed by atoms with Gasteiger partial charge in [-0.25, -0.2) is 9.48 Å². The van der Waals surface area contributed by atoms with E-state index in [0.29, 0.717) is 16.5 Å². The van der Waals surface area contributed by atoms with E-state index in [2.05, 4.69) is 54.9 Å². The zero-order valence-corrected chi connectivity index (χ0v) is 18.2. The molecular formula is C23H26ClN5O. The monoisotopic (exact) mass is 423 g/mol. The Bertz CT molecular complexity index is 1070. The highest BCUT2D eigenvalue weighted by atomic mass is 35.5. The average Bonchev–Trinajstić information content (AvgIpc) is 3.13. The topological polar surface area (TPSA) is 71.0 Å². The van der Waals surface area contributed by atoms with Gasteiger partial charge in [-0.2, -0.15) is 5.10 Å². The Morgan fingerprint density at radius 3 is 2.57 bits per heavy atom. The fourth-order valence-electron chi connectivity index (χ4n) is 3.44. The molecule has 7 heteroatoms. The highest BCUT2D eigenvalue weighted by Gasteiger charge is 2.22. The molecule has 1 aromatic heterocycles. The number of anilines is 2. The first kappa shape index (κ1) is 20.4. The second kappa shape index (κ2) is 8.13. The van der Waals surface area contributed by atoms with Gasteiger partial charge in [0, 0.05) is 28.7 Å². The molecule has 2 heterocycles. The maximum absolute atomic E-state index is 12.6. The van der Waals surface area contributed by atoms with Gasteiger partial charge in [-0.05, 0) is 60.5 Å². The van der Waals surface area contributed by atoms with Crippen LogP contribution in [-0.2, 0) is 18.4 Å². The van der Waals surface area contributed by atoms with Gasteiger partial charge in [-0.15, -0.1) is 0 Å². The Balaban J connectivity index is 1.64. The lowest BCUT2D eigenvalue weighted by Gasteiger charge is -2.18. The molecule has 0 aliphatic carbocycles. The van der Waals surface area contributed by atoms with Gasteiger partial charge in [-0.3, -0.25) is 5.32 Å². The predicted octanol–water partition coefficient (Wildman–Crippen LogP) is 5.11. The van der Waals surface area contributed by atoms with Crippen molar-refractivity contribution in [1.82, 2.24) is 15.1 Å². The number of benzene rings is 2. The van der Waals surface area contributed by atoms with Crippen LogP contribution < -0.4 is 16.0 Å². The van der Waals surface area contributed by atoms with Crippen LogP contribution in [0.25, 0.3) is 5.69 Å². The summed E-state index contributed by atoms with van der Waals surface area (Å²) in [6.45, 7) is 8.16. The predicted molar refractivity (Wildman–Crippen MR) is 122 cm³/mol. The largest absolute Gasteiger partial charge is 0.324 e. The molecule has 4 rings (SSSR count). The minimum Gasteiger partial charge on any atom is -0.312 e. The lowest BCUT2D eigenvalue weighted by molar-refractivity contribution is 0.262. The number of rotatable bonds is 3. The summed E-state index contributed by atoms with van der Waals surface area (Å²) in [5, 5.41) is 14.6. The van der Waals surface area contributed by atoms with E-state index in [4.69, 9.17) is 16.7 Å². The van der Waals surface area contributed by atoms with Gasteiger partial charge < -0.3 is 10.6 Å². The molecule has 6 nitrogen and oxygen atoms in total. The molecule has 0 spiro atoms. The first-order chi connectivity index (χ1) is 14.3. The van der Waals surface area contributed by atoms with Crippen molar-refractivity contribution < 1.29 is 4.79 Å². The second-order valence-corrected chi connectivity index (χ2v) is 8.98. The van der Waals surface area contributed by atoms with Crippen LogP contribution in [0.3, 0.4) is 0 Å². The molecule has 3 aromatic rings. The third-order valence-corrected chi connectivity index (χ3v) is 5.39. The number of carbonyl (C=O) groups excluding carboxylic acids is 1. The van der Waals surface area contributed by atoms with E-state index in [-0.39, 0.29) is 11.4 Å². The van der Waals surface area contributed by atoms with E-state index < -0.39 is 0 Å². The lowest BCUT2D eigenvalue weighted by Crippen LogP contribution is -2.24. The number of amides is 2. The van der Waals surface area contributed by atoms with E-state index in [1.807, 2.05) is 6.07 Å². The molecule has 0 radical (unpaired) electrons. The zero-order valence-electron chi connectivity index (χ0n) is 17.4. The van der Waals surface area contributed by atoms with Crippen LogP contribution in [0.4, 0.5) is 16.3 Å². The summed E-state index contributed by atoms with van der Waals surface area (Å²) in [5.74, 6) is 0.620. The number of nitrogens with zero attached hydrogens (tertiary/aromatic N) is 2. The number of fused-ring (bicyclic) bond motifs is 1. The van der Waals surface area contributed by atoms with Crippen molar-refractivity contribution in [3.05, 3.63) is 70.4 Å². The molecule has 0 saturated carbocycles. The smallest absolute Gasteiger partial charge is 0.312 e. The Hall–Kier alpha value is -2.83. The van der Waals surface area contributed by atoms with Crippen LogP contribution in [-0.4, -0.2) is 22.4 Å². The van der Waals surface area contributed by atoms with Gasteiger partial charge in [0.15, 0.2) is 0 Å². The third kappa shape index (κ3) is 4.50. The summed E-state index contributed by atoms with van der Waals surface area (Å²) in [6.07, 6.45) is 1.02. The van der Waals surface area contributed by atoms with Crippen LogP contribution in [0.5, 0.6) is 0 Å². The molecule has 3 N–H and O–H groups in total. The Kier molecular flexibility index (Phi) is 5.54. The standard InChI is InChI=1S/C23H26ClN5O/c1-23(2,3)20-13-21(27-22(30)26-18-7-5-17(24)6-8-18)29(28-20)19-9-4-15-10-11-25-14-16(15)12-19/h4-9,12-13,25H,10-11,14H2,1-3H3,(H2,26,27,30). The number of urea groups is 1. The summed E-state index contributed by atoms with van der Waals surface area (Å²) in [6, 6.07) is 14.9. The molecule has 30 heavy (non-hydrogen) atoms. The molecular weight excluding hydrogens is 398 g/mol. The molecule has 0 atom stereocenters. The maximum atomic E-state index is 12.6. The van der Waals surface area contributed by atoms with Gasteiger partial charge in [0.25, 0.3) is 0 Å². The van der Waals surface area contributed by atoms with Crippen LogP contribution in [0, 0.1) is 0 Å². The van der Waals surface area contributed by atoms with Crippen LogP contribution in [0.15, 0.2) is 48.5 Å². The Morgan fingerprint density at radius 2 is 1.83 bits per heavy atom. The number of halogens is 1. The third-order valence-electron chi connectivity index (χ3n) is 5.14. The molecule has 2 amide bonds. The second-order valence-electron chi connectivity index (χ2n) is 8.54. The van der Waals surface area contributed by atoms with Gasteiger partial charge in [0.2, 0.25) is 0 Å². The van der Waals surface area contributed by atoms with Gasteiger partial charge in [0.1, 0.15) is 5.82 Å². The number of hydrogen-bond acceptors (Lipinski definition) is 3. The summed E-state index contributed by atoms with van der Waals surface area (Å²) in [7, 11) is 0. The molecule has 156 valence electrons. The fraction of sp³-hybridized carbons (Fsp3) is 0.304. The summed E-state index contributed by atoms with van der Waals surface area (Å²) < 4.78 is 1.80. The fourth-order valence-corrected chi connectivity index (χ4v) is 3.57. The molecule has 0 unspecified atom stereocenters. The summed E-state index contributed by atoms with van der Waals surface area (Å²) in [4.78, 5) is 12.6. The van der Waals surface area contributed by atoms with Crippen molar-refractivity contribution in [1.29, 1.82) is 0 Å². The number of nitrogens with one attached hydrogen (secondary N) is 3. The average molecular weight is 424 g/mol. The van der Waals surface area contributed by atoms with Crippen molar-refractivity contribution in [2.45, 2.75) is 39.2 Å². The van der Waals surface area contributed by atoms with E-state index in [1.165, 1.54) is 11.1 Å². The Labute approximate surface area is 181 Å². The SMILES string of the molecule is CC(C)(C)c1cc(NC(=O)Nc2ccc(Cl)cc2)n(-c2ccc3c(c2)CNCC3)n1. The van der Waals surface area contributed by atoms with E-state index in [9.17, 15) is 4.79 Å². The van der Waals surface area contributed by atoms with E-state index in [1.54, 1.807) is 28.9 Å². The highest BCUT2D eigenvalue weighted by Crippen LogP contribution is 2.28. The van der Waals surface area contributed by atoms with Crippen molar-refractivity contribution in [3.63, 3.8) is 0 Å². The van der Waals surface area contributed by atoms with E-state index >= 15 is 0 Å². The molecule has 1 aliphatic heterocycles. The van der Waals surface area contributed by atoms with Crippen molar-refractivity contribution >= 4 is 29.1 Å². The number of carbonyl (C=O) groups is 1. The normalized spacial score (nSPS) is 13.6. The molecule has 1 aliphatic rings. The summed E-state index contributed by atoms with van der Waals surface area (Å²) in [5.41, 5.74) is 4.97. The van der Waals surface area contributed by atoms with Crippen LogP contribution in [0.1, 0.15) is 37.6 Å². The molecule has 0 bridgehead atoms. The summed E-state index contributed by atoms with van der Waals surface area (Å²) >= 11 is 5.92. The lowest BCUT2D eigenvalue weighted by atomic mass is 9.92. The number of hydrogen-bond donors (Lipinski definition) is 3. The molecule has 2 aromatic carbocycles. The van der Waals surface area contributed by atoms with Crippen LogP contribution >= 0.6 is 11.6 Å². The number of aromatic nitrogens is 2. The van der Waals surface area contributed by atoms with Gasteiger partial charge in [0.05, 0.1) is 11.4 Å². The van der Waals surface area contributed by atoms with Gasteiger partial charge >= 0.3 is 6.03 Å².